The van der Waals surface area contributed by atoms with Gasteiger partial charge in [-0.15, -0.1) is 11.3 Å². The van der Waals surface area contributed by atoms with Crippen molar-refractivity contribution in [1.82, 2.24) is 5.32 Å². The molecule has 1 heterocycles. The Morgan fingerprint density at radius 2 is 2.30 bits per heavy atom. The van der Waals surface area contributed by atoms with Gasteiger partial charge in [0.15, 0.2) is 0 Å². The Balaban J connectivity index is 1.38. The summed E-state index contributed by atoms with van der Waals surface area (Å²) in [7, 11) is 0. The molecule has 1 amide bonds. The summed E-state index contributed by atoms with van der Waals surface area (Å²) in [5.41, 5.74) is 3.57. The summed E-state index contributed by atoms with van der Waals surface area (Å²) in [6, 6.07) is 5.27. The molecule has 0 aliphatic heterocycles. The van der Waals surface area contributed by atoms with Crippen LogP contribution in [0.1, 0.15) is 43.6 Å². The second kappa shape index (κ2) is 7.43. The number of aryl methyl sites for hydroxylation is 1. The van der Waals surface area contributed by atoms with Crippen molar-refractivity contribution in [2.75, 3.05) is 13.2 Å². The Hall–Kier alpha value is -1.60. The molecule has 0 radical (unpaired) electrons. The maximum atomic E-state index is 12.7. The monoisotopic (exact) mass is 407 g/mol. The molecule has 3 N–H and O–H groups in total. The van der Waals surface area contributed by atoms with E-state index in [0.717, 1.165) is 22.8 Å². The molecule has 1 fully saturated rings. The molecule has 4 rings (SSSR count). The standard InChI is InChI=1S/C20H22ClNO4S/c1-10-18-14-5-12(14)6-15(18)19(27-10)20(25)22-7-11-2-3-17(16(21)4-11)26-9-13(24)8-23/h2-4,12-14,23-24H,5-9H2,1H3,(H,22,25)/t12-,13+,14-/m1/s1. The fraction of sp³-hybridized carbons (Fsp3) is 0.450. The number of hydrogen-bond donors (Lipinski definition) is 3. The summed E-state index contributed by atoms with van der Waals surface area (Å²) in [5.74, 6) is 1.89. The van der Waals surface area contributed by atoms with Gasteiger partial charge in [0.2, 0.25) is 0 Å². The molecular formula is C20H22ClNO4S. The molecule has 1 aromatic carbocycles. The minimum atomic E-state index is -0.943. The number of aliphatic hydroxyl groups is 2. The normalized spacial score (nSPS) is 20.7. The fourth-order valence-electron chi connectivity index (χ4n) is 3.84. The van der Waals surface area contributed by atoms with Crippen molar-refractivity contribution >= 4 is 28.8 Å². The van der Waals surface area contributed by atoms with E-state index in [4.69, 9.17) is 21.4 Å². The first-order valence-electron chi connectivity index (χ1n) is 9.08. The van der Waals surface area contributed by atoms with Crippen molar-refractivity contribution < 1.29 is 19.7 Å². The van der Waals surface area contributed by atoms with Crippen LogP contribution < -0.4 is 10.1 Å². The van der Waals surface area contributed by atoms with Gasteiger partial charge in [0.1, 0.15) is 18.5 Å². The quantitative estimate of drug-likeness (QED) is 0.659. The lowest BCUT2D eigenvalue weighted by atomic mass is 10.1. The number of hydrogen-bond acceptors (Lipinski definition) is 5. The van der Waals surface area contributed by atoms with Crippen LogP contribution in [0.3, 0.4) is 0 Å². The molecule has 144 valence electrons. The smallest absolute Gasteiger partial charge is 0.261 e. The Kier molecular flexibility index (Phi) is 5.16. The summed E-state index contributed by atoms with van der Waals surface area (Å²) in [6.07, 6.45) is 1.39. The molecule has 5 nitrogen and oxygen atoms in total. The lowest BCUT2D eigenvalue weighted by molar-refractivity contribution is 0.0536. The number of benzene rings is 1. The van der Waals surface area contributed by atoms with Crippen LogP contribution in [0, 0.1) is 12.8 Å². The average molecular weight is 408 g/mol. The third-order valence-corrected chi connectivity index (χ3v) is 6.75. The van der Waals surface area contributed by atoms with Crippen LogP contribution in [-0.2, 0) is 13.0 Å². The van der Waals surface area contributed by atoms with E-state index in [9.17, 15) is 9.90 Å². The van der Waals surface area contributed by atoms with Crippen LogP contribution in [0.2, 0.25) is 5.02 Å². The predicted octanol–water partition coefficient (Wildman–Crippen LogP) is 3.03. The van der Waals surface area contributed by atoms with E-state index in [2.05, 4.69) is 12.2 Å². The van der Waals surface area contributed by atoms with Crippen LogP contribution >= 0.6 is 22.9 Å². The van der Waals surface area contributed by atoms with Gasteiger partial charge in [-0.1, -0.05) is 17.7 Å². The largest absolute Gasteiger partial charge is 0.489 e. The molecule has 2 aliphatic carbocycles. The van der Waals surface area contributed by atoms with Crippen LogP contribution in [0.25, 0.3) is 0 Å². The van der Waals surface area contributed by atoms with Crippen molar-refractivity contribution in [3.63, 3.8) is 0 Å². The number of nitrogens with one attached hydrogen (secondary N) is 1. The summed E-state index contributed by atoms with van der Waals surface area (Å²) in [4.78, 5) is 14.8. The molecule has 2 aliphatic rings. The van der Waals surface area contributed by atoms with Gasteiger partial charge in [-0.3, -0.25) is 4.79 Å². The number of halogens is 1. The zero-order valence-corrected chi connectivity index (χ0v) is 16.6. The van der Waals surface area contributed by atoms with E-state index in [1.54, 1.807) is 23.5 Å². The topological polar surface area (TPSA) is 78.8 Å². The first-order chi connectivity index (χ1) is 13.0. The Morgan fingerprint density at radius 3 is 3.04 bits per heavy atom. The number of ether oxygens (including phenoxy) is 1. The minimum Gasteiger partial charge on any atom is -0.489 e. The molecule has 0 spiro atoms. The molecular weight excluding hydrogens is 386 g/mol. The van der Waals surface area contributed by atoms with Crippen molar-refractivity contribution in [3.05, 3.63) is 49.7 Å². The van der Waals surface area contributed by atoms with Crippen LogP contribution in [0.4, 0.5) is 0 Å². The molecule has 3 atom stereocenters. The summed E-state index contributed by atoms with van der Waals surface area (Å²) >= 11 is 7.81. The van der Waals surface area contributed by atoms with E-state index in [1.807, 2.05) is 6.07 Å². The highest BCUT2D eigenvalue weighted by Gasteiger charge is 2.48. The van der Waals surface area contributed by atoms with Crippen molar-refractivity contribution in [3.8, 4) is 5.75 Å². The Bertz CT molecular complexity index is 881. The molecule has 2 aromatic rings. The summed E-state index contributed by atoms with van der Waals surface area (Å²) < 4.78 is 5.38. The van der Waals surface area contributed by atoms with Gasteiger partial charge < -0.3 is 20.3 Å². The van der Waals surface area contributed by atoms with Crippen LogP contribution in [0.5, 0.6) is 5.75 Å². The molecule has 0 unspecified atom stereocenters. The molecule has 7 heteroatoms. The van der Waals surface area contributed by atoms with Gasteiger partial charge in [0, 0.05) is 11.4 Å². The number of rotatable bonds is 7. The highest BCUT2D eigenvalue weighted by atomic mass is 35.5. The Morgan fingerprint density at radius 1 is 1.48 bits per heavy atom. The SMILES string of the molecule is Cc1sc(C(=O)NCc2ccc(OC[C@@H](O)CO)c(Cl)c2)c2c1[C@@H]1C[C@@H]1C2. The summed E-state index contributed by atoms with van der Waals surface area (Å²) in [5, 5.41) is 21.6. The molecule has 1 aromatic heterocycles. The second-order valence-corrected chi connectivity index (χ2v) is 8.91. The number of carbonyl (C=O) groups excluding carboxylic acids is 1. The molecule has 27 heavy (non-hydrogen) atoms. The van der Waals surface area contributed by atoms with Crippen LogP contribution in [0.15, 0.2) is 18.2 Å². The third-order valence-electron chi connectivity index (χ3n) is 5.29. The Labute approximate surface area is 166 Å². The molecule has 0 saturated heterocycles. The van der Waals surface area contributed by atoms with E-state index < -0.39 is 6.10 Å². The lowest BCUT2D eigenvalue weighted by Gasteiger charge is -2.12. The summed E-state index contributed by atoms with van der Waals surface area (Å²) in [6.45, 7) is 2.11. The number of fused-ring (bicyclic) bond motifs is 3. The van der Waals surface area contributed by atoms with Crippen LogP contribution in [-0.4, -0.2) is 35.4 Å². The van der Waals surface area contributed by atoms with E-state index >= 15 is 0 Å². The van der Waals surface area contributed by atoms with Gasteiger partial charge in [0.05, 0.1) is 16.5 Å². The van der Waals surface area contributed by atoms with Crippen molar-refractivity contribution in [1.29, 1.82) is 0 Å². The molecule has 0 bridgehead atoms. The number of thiophene rings is 1. The zero-order chi connectivity index (χ0) is 19.1. The minimum absolute atomic E-state index is 0.0202. The molecule has 1 saturated carbocycles. The van der Waals surface area contributed by atoms with Gasteiger partial charge in [-0.2, -0.15) is 0 Å². The lowest BCUT2D eigenvalue weighted by Crippen LogP contribution is -2.23. The zero-order valence-electron chi connectivity index (χ0n) is 15.0. The van der Waals surface area contributed by atoms with Gasteiger partial charge in [0.25, 0.3) is 5.91 Å². The van der Waals surface area contributed by atoms with Crippen molar-refractivity contribution in [2.45, 2.75) is 38.3 Å². The fourth-order valence-corrected chi connectivity index (χ4v) is 5.27. The highest BCUT2D eigenvalue weighted by molar-refractivity contribution is 7.14. The van der Waals surface area contributed by atoms with Gasteiger partial charge in [-0.25, -0.2) is 0 Å². The first kappa shape index (κ1) is 18.7. The maximum Gasteiger partial charge on any atom is 0.261 e. The second-order valence-electron chi connectivity index (χ2n) is 7.28. The van der Waals surface area contributed by atoms with Gasteiger partial charge >= 0.3 is 0 Å². The third kappa shape index (κ3) is 3.72. The van der Waals surface area contributed by atoms with E-state index in [1.165, 1.54) is 22.4 Å². The number of carbonyl (C=O) groups is 1. The van der Waals surface area contributed by atoms with Crippen molar-refractivity contribution in [2.24, 2.45) is 5.92 Å². The number of amides is 1. The maximum absolute atomic E-state index is 12.7. The van der Waals surface area contributed by atoms with E-state index in [0.29, 0.717) is 23.2 Å². The average Bonchev–Trinajstić information content (AvgIpc) is 3.18. The van der Waals surface area contributed by atoms with E-state index in [-0.39, 0.29) is 19.1 Å². The highest BCUT2D eigenvalue weighted by Crippen LogP contribution is 2.59. The predicted molar refractivity (Wildman–Crippen MR) is 105 cm³/mol. The van der Waals surface area contributed by atoms with Gasteiger partial charge in [-0.05, 0) is 60.4 Å². The number of aliphatic hydroxyl groups excluding tert-OH is 2. The first-order valence-corrected chi connectivity index (χ1v) is 10.3.